The quantitative estimate of drug-likeness (QED) is 0.820. The van der Waals surface area contributed by atoms with E-state index in [1.165, 1.54) is 24.5 Å². The zero-order chi connectivity index (χ0) is 15.2. The van der Waals surface area contributed by atoms with Gasteiger partial charge in [-0.3, -0.25) is 14.9 Å². The van der Waals surface area contributed by atoms with Gasteiger partial charge in [0.25, 0.3) is 5.91 Å². The highest BCUT2D eigenvalue weighted by Crippen LogP contribution is 2.19. The average Bonchev–Trinajstić information content (AvgIpc) is 2.99. The van der Waals surface area contributed by atoms with Crippen LogP contribution in [-0.2, 0) is 4.79 Å². The lowest BCUT2D eigenvalue weighted by molar-refractivity contribution is -0.117. The molecule has 0 radical (unpaired) electrons. The number of amides is 2. The monoisotopic (exact) mass is 305 g/mol. The summed E-state index contributed by atoms with van der Waals surface area (Å²) in [4.78, 5) is 34.6. The Labute approximate surface area is 124 Å². The highest BCUT2D eigenvalue weighted by molar-refractivity contribution is 8.00. The van der Waals surface area contributed by atoms with Gasteiger partial charge in [-0.15, -0.1) is 11.8 Å². The molecule has 6 nitrogen and oxygen atoms in total. The molecule has 0 spiro atoms. The third kappa shape index (κ3) is 4.22. The molecule has 0 aliphatic heterocycles. The number of aromatic carboxylic acids is 1. The van der Waals surface area contributed by atoms with Gasteiger partial charge in [0.15, 0.2) is 5.76 Å². The summed E-state index contributed by atoms with van der Waals surface area (Å²) in [6, 6.07) is 9.22. The molecule has 0 atom stereocenters. The maximum absolute atomic E-state index is 11.6. The minimum absolute atomic E-state index is 0.00444. The van der Waals surface area contributed by atoms with Crippen molar-refractivity contribution in [3.63, 3.8) is 0 Å². The molecule has 0 fully saturated rings. The number of carboxylic acid groups (broad SMARTS) is 1. The van der Waals surface area contributed by atoms with Crippen molar-refractivity contribution in [3.8, 4) is 0 Å². The maximum atomic E-state index is 11.6. The molecule has 108 valence electrons. The van der Waals surface area contributed by atoms with Crippen molar-refractivity contribution in [2.24, 2.45) is 0 Å². The van der Waals surface area contributed by atoms with E-state index in [1.807, 2.05) is 0 Å². The number of nitrogens with one attached hydrogen (secondary N) is 1. The Morgan fingerprint density at radius 1 is 1.19 bits per heavy atom. The molecule has 1 heterocycles. The van der Waals surface area contributed by atoms with E-state index in [0.29, 0.717) is 4.90 Å². The summed E-state index contributed by atoms with van der Waals surface area (Å²) < 4.78 is 4.86. The van der Waals surface area contributed by atoms with Gasteiger partial charge in [0.2, 0.25) is 5.91 Å². The van der Waals surface area contributed by atoms with Crippen molar-refractivity contribution < 1.29 is 23.9 Å². The number of rotatable bonds is 5. The van der Waals surface area contributed by atoms with Gasteiger partial charge < -0.3 is 9.52 Å². The first-order valence-electron chi connectivity index (χ1n) is 5.90. The minimum Gasteiger partial charge on any atom is -0.478 e. The van der Waals surface area contributed by atoms with E-state index in [4.69, 9.17) is 9.52 Å². The molecule has 2 N–H and O–H groups in total. The molecule has 0 bridgehead atoms. The Kier molecular flexibility index (Phi) is 4.78. The summed E-state index contributed by atoms with van der Waals surface area (Å²) in [5.74, 6) is -2.07. The first-order valence-corrected chi connectivity index (χ1v) is 6.88. The molecule has 1 aromatic carbocycles. The van der Waals surface area contributed by atoms with Crippen LogP contribution in [0.5, 0.6) is 0 Å². The predicted octanol–water partition coefficient (Wildman–Crippen LogP) is 2.03. The zero-order valence-electron chi connectivity index (χ0n) is 10.7. The molecule has 0 saturated heterocycles. The molecular weight excluding hydrogens is 294 g/mol. The van der Waals surface area contributed by atoms with Crippen LogP contribution in [-0.4, -0.2) is 28.6 Å². The second-order valence-corrected chi connectivity index (χ2v) is 5.03. The number of carbonyl (C=O) groups excluding carboxylic acids is 2. The van der Waals surface area contributed by atoms with Gasteiger partial charge in [-0.2, -0.15) is 0 Å². The van der Waals surface area contributed by atoms with E-state index in [2.05, 4.69) is 5.32 Å². The summed E-state index contributed by atoms with van der Waals surface area (Å²) >= 11 is 1.14. The summed E-state index contributed by atoms with van der Waals surface area (Å²) in [6.07, 6.45) is 1.34. The smallest absolute Gasteiger partial charge is 0.335 e. The first-order chi connectivity index (χ1) is 10.1. The van der Waals surface area contributed by atoms with E-state index in [1.54, 1.807) is 18.2 Å². The predicted molar refractivity (Wildman–Crippen MR) is 75.3 cm³/mol. The van der Waals surface area contributed by atoms with Gasteiger partial charge in [0.1, 0.15) is 0 Å². The zero-order valence-corrected chi connectivity index (χ0v) is 11.6. The lowest BCUT2D eigenvalue weighted by Gasteiger charge is -2.03. The van der Waals surface area contributed by atoms with E-state index >= 15 is 0 Å². The fourth-order valence-corrected chi connectivity index (χ4v) is 2.25. The van der Waals surface area contributed by atoms with Gasteiger partial charge in [0, 0.05) is 4.90 Å². The third-order valence-electron chi connectivity index (χ3n) is 2.45. The number of furan rings is 1. The Balaban J connectivity index is 1.88. The normalized spacial score (nSPS) is 10.1. The number of hydrogen-bond donors (Lipinski definition) is 2. The molecule has 2 amide bonds. The number of carbonyl (C=O) groups is 3. The summed E-state index contributed by atoms with van der Waals surface area (Å²) in [6.45, 7) is 0. The lowest BCUT2D eigenvalue weighted by atomic mass is 10.2. The molecule has 0 aliphatic rings. The van der Waals surface area contributed by atoms with Crippen molar-refractivity contribution in [3.05, 3.63) is 54.0 Å². The fraction of sp³-hybridized carbons (Fsp3) is 0.0714. The Morgan fingerprint density at radius 2 is 2.00 bits per heavy atom. The summed E-state index contributed by atoms with van der Waals surface area (Å²) in [5, 5.41) is 11.0. The van der Waals surface area contributed by atoms with Crippen molar-refractivity contribution in [2.45, 2.75) is 4.90 Å². The van der Waals surface area contributed by atoms with Crippen molar-refractivity contribution in [1.29, 1.82) is 0 Å². The second-order valence-electron chi connectivity index (χ2n) is 3.98. The molecule has 0 saturated carbocycles. The van der Waals surface area contributed by atoms with Crippen molar-refractivity contribution in [1.82, 2.24) is 5.32 Å². The van der Waals surface area contributed by atoms with Gasteiger partial charge in [-0.25, -0.2) is 4.79 Å². The van der Waals surface area contributed by atoms with Gasteiger partial charge in [-0.1, -0.05) is 6.07 Å². The van der Waals surface area contributed by atoms with Crippen LogP contribution < -0.4 is 5.32 Å². The molecule has 2 rings (SSSR count). The summed E-state index contributed by atoms with van der Waals surface area (Å²) in [5.41, 5.74) is 0.145. The molecule has 0 aliphatic carbocycles. The van der Waals surface area contributed by atoms with E-state index < -0.39 is 17.8 Å². The molecule has 2 aromatic rings. The van der Waals surface area contributed by atoms with Gasteiger partial charge in [-0.05, 0) is 30.3 Å². The number of imide groups is 1. The van der Waals surface area contributed by atoms with Gasteiger partial charge in [0.05, 0.1) is 17.6 Å². The molecule has 7 heteroatoms. The van der Waals surface area contributed by atoms with E-state index in [0.717, 1.165) is 11.8 Å². The van der Waals surface area contributed by atoms with E-state index in [-0.39, 0.29) is 17.1 Å². The highest BCUT2D eigenvalue weighted by atomic mass is 32.2. The van der Waals surface area contributed by atoms with Crippen LogP contribution in [0.25, 0.3) is 0 Å². The number of thioether (sulfide) groups is 1. The van der Waals surface area contributed by atoms with Crippen molar-refractivity contribution >= 4 is 29.5 Å². The van der Waals surface area contributed by atoms with Crippen LogP contribution in [0.3, 0.4) is 0 Å². The Bertz CT molecular complexity index is 666. The summed E-state index contributed by atoms with van der Waals surface area (Å²) in [7, 11) is 0. The van der Waals surface area contributed by atoms with Crippen LogP contribution in [0.4, 0.5) is 0 Å². The SMILES string of the molecule is O=C(CSc1cccc(C(=O)O)c1)NC(=O)c1ccco1. The molecule has 1 aromatic heterocycles. The second kappa shape index (κ2) is 6.76. The number of carboxylic acids is 1. The molecular formula is C14H11NO5S. The van der Waals surface area contributed by atoms with Crippen LogP contribution in [0, 0.1) is 0 Å². The lowest BCUT2D eigenvalue weighted by Crippen LogP contribution is -2.31. The molecule has 0 unspecified atom stereocenters. The largest absolute Gasteiger partial charge is 0.478 e. The number of hydrogen-bond acceptors (Lipinski definition) is 5. The van der Waals surface area contributed by atoms with Crippen LogP contribution in [0.2, 0.25) is 0 Å². The highest BCUT2D eigenvalue weighted by Gasteiger charge is 2.13. The average molecular weight is 305 g/mol. The first kappa shape index (κ1) is 14.9. The maximum Gasteiger partial charge on any atom is 0.335 e. The van der Waals surface area contributed by atoms with Crippen LogP contribution >= 0.6 is 11.8 Å². The number of benzene rings is 1. The Hall–Kier alpha value is -2.54. The van der Waals surface area contributed by atoms with Crippen molar-refractivity contribution in [2.75, 3.05) is 5.75 Å². The van der Waals surface area contributed by atoms with E-state index in [9.17, 15) is 14.4 Å². The molecule has 21 heavy (non-hydrogen) atoms. The fourth-order valence-electron chi connectivity index (χ4n) is 1.50. The Morgan fingerprint density at radius 3 is 2.67 bits per heavy atom. The van der Waals surface area contributed by atoms with Crippen LogP contribution in [0.15, 0.2) is 52.0 Å². The van der Waals surface area contributed by atoms with Gasteiger partial charge >= 0.3 is 5.97 Å². The standard InChI is InChI=1S/C14H11NO5S/c16-12(15-13(17)11-5-2-6-20-11)8-21-10-4-1-3-9(7-10)14(18)19/h1-7H,8H2,(H,18,19)(H,15,16,17). The third-order valence-corrected chi connectivity index (χ3v) is 3.44. The topological polar surface area (TPSA) is 96.6 Å². The van der Waals surface area contributed by atoms with Crippen LogP contribution in [0.1, 0.15) is 20.9 Å². The minimum atomic E-state index is -1.03.